The number of thioether (sulfide) groups is 1. The Bertz CT molecular complexity index is 1210. The van der Waals surface area contributed by atoms with Crippen LogP contribution < -0.4 is 5.43 Å². The minimum atomic E-state index is 0.0753. The Morgan fingerprint density at radius 3 is 2.35 bits per heavy atom. The minimum absolute atomic E-state index is 0.0753. The van der Waals surface area contributed by atoms with Crippen LogP contribution in [0.2, 0.25) is 0 Å². The SMILES string of the molecule is CSc1ccc(-c2nn(-c3ccccc3)cc2C2CC(c3ccc(Br)cc3)=NN2)cc1. The van der Waals surface area contributed by atoms with Crippen molar-refractivity contribution in [1.29, 1.82) is 0 Å². The molecule has 154 valence electrons. The van der Waals surface area contributed by atoms with Crippen molar-refractivity contribution < 1.29 is 0 Å². The van der Waals surface area contributed by atoms with Gasteiger partial charge in [-0.15, -0.1) is 11.8 Å². The number of hydrazone groups is 1. The van der Waals surface area contributed by atoms with E-state index in [9.17, 15) is 0 Å². The molecular formula is C25H21BrN4S. The van der Waals surface area contributed by atoms with Gasteiger partial charge >= 0.3 is 0 Å². The van der Waals surface area contributed by atoms with Crippen LogP contribution in [0.5, 0.6) is 0 Å². The third-order valence-electron chi connectivity index (χ3n) is 5.43. The Morgan fingerprint density at radius 1 is 0.935 bits per heavy atom. The van der Waals surface area contributed by atoms with Crippen molar-refractivity contribution in [2.24, 2.45) is 5.10 Å². The number of benzene rings is 3. The van der Waals surface area contributed by atoms with Crippen LogP contribution in [-0.2, 0) is 0 Å². The summed E-state index contributed by atoms with van der Waals surface area (Å²) in [4.78, 5) is 1.24. The molecule has 1 N–H and O–H groups in total. The zero-order chi connectivity index (χ0) is 21.2. The molecular weight excluding hydrogens is 468 g/mol. The van der Waals surface area contributed by atoms with E-state index in [2.05, 4.69) is 99.6 Å². The number of hydrogen-bond acceptors (Lipinski definition) is 4. The van der Waals surface area contributed by atoms with Gasteiger partial charge in [-0.05, 0) is 48.2 Å². The van der Waals surface area contributed by atoms with Crippen molar-refractivity contribution >= 4 is 33.4 Å². The Kier molecular flexibility index (Phi) is 5.66. The van der Waals surface area contributed by atoms with Crippen LogP contribution in [-0.4, -0.2) is 21.7 Å². The zero-order valence-corrected chi connectivity index (χ0v) is 19.4. The Hall–Kier alpha value is -2.83. The lowest BCUT2D eigenvalue weighted by molar-refractivity contribution is 0.621. The summed E-state index contributed by atoms with van der Waals surface area (Å²) in [5, 5.41) is 9.62. The zero-order valence-electron chi connectivity index (χ0n) is 17.0. The highest BCUT2D eigenvalue weighted by atomic mass is 79.9. The summed E-state index contributed by atoms with van der Waals surface area (Å²) in [6.45, 7) is 0. The number of halogens is 1. The normalized spacial score (nSPS) is 15.5. The fraction of sp³-hybridized carbons (Fsp3) is 0.120. The highest BCUT2D eigenvalue weighted by Gasteiger charge is 2.26. The first kappa shape index (κ1) is 20.1. The standard InChI is InChI=1S/C25H21BrN4S/c1-31-21-13-9-18(10-14-21)25-22(16-30(29-25)20-5-3-2-4-6-20)24-15-23(27-28-24)17-7-11-19(26)12-8-17/h2-14,16,24,28H,15H2,1H3. The molecule has 0 spiro atoms. The minimum Gasteiger partial charge on any atom is -0.302 e. The van der Waals surface area contributed by atoms with E-state index in [-0.39, 0.29) is 6.04 Å². The van der Waals surface area contributed by atoms with E-state index in [1.165, 1.54) is 4.90 Å². The molecule has 1 aromatic heterocycles. The topological polar surface area (TPSA) is 42.2 Å². The molecule has 1 aliphatic rings. The average Bonchev–Trinajstić information content (AvgIpc) is 3.48. The van der Waals surface area contributed by atoms with Crippen LogP contribution in [0.15, 0.2) is 99.5 Å². The van der Waals surface area contributed by atoms with Crippen LogP contribution in [0.1, 0.15) is 23.6 Å². The fourth-order valence-electron chi connectivity index (χ4n) is 3.77. The largest absolute Gasteiger partial charge is 0.302 e. The molecule has 5 rings (SSSR count). The summed E-state index contributed by atoms with van der Waals surface area (Å²) < 4.78 is 3.03. The Morgan fingerprint density at radius 2 is 1.65 bits per heavy atom. The number of nitrogens with zero attached hydrogens (tertiary/aromatic N) is 3. The van der Waals surface area contributed by atoms with Crippen molar-refractivity contribution in [1.82, 2.24) is 15.2 Å². The molecule has 1 unspecified atom stereocenters. The Balaban J connectivity index is 1.51. The molecule has 1 aliphatic heterocycles. The second-order valence-corrected chi connectivity index (χ2v) is 9.19. The molecule has 0 saturated carbocycles. The van der Waals surface area contributed by atoms with Gasteiger partial charge in [0.05, 0.1) is 23.1 Å². The molecule has 31 heavy (non-hydrogen) atoms. The molecule has 2 heterocycles. The number of hydrogen-bond donors (Lipinski definition) is 1. The summed E-state index contributed by atoms with van der Waals surface area (Å²) in [6, 6.07) is 27.2. The number of rotatable bonds is 5. The van der Waals surface area contributed by atoms with Crippen molar-refractivity contribution in [3.63, 3.8) is 0 Å². The van der Waals surface area contributed by atoms with E-state index in [0.717, 1.165) is 44.7 Å². The van der Waals surface area contributed by atoms with Gasteiger partial charge in [0, 0.05) is 33.1 Å². The fourth-order valence-corrected chi connectivity index (χ4v) is 4.45. The molecule has 6 heteroatoms. The van der Waals surface area contributed by atoms with Crippen LogP contribution in [0.3, 0.4) is 0 Å². The van der Waals surface area contributed by atoms with Crippen molar-refractivity contribution in [3.8, 4) is 16.9 Å². The maximum Gasteiger partial charge on any atom is 0.0981 e. The van der Waals surface area contributed by atoms with Gasteiger partial charge in [-0.1, -0.05) is 58.4 Å². The third-order valence-corrected chi connectivity index (χ3v) is 6.70. The summed E-state index contributed by atoms with van der Waals surface area (Å²) in [6.07, 6.45) is 5.04. The first-order chi connectivity index (χ1) is 15.2. The maximum absolute atomic E-state index is 4.97. The average molecular weight is 489 g/mol. The summed E-state index contributed by atoms with van der Waals surface area (Å²) in [5.74, 6) is 0. The van der Waals surface area contributed by atoms with Gasteiger partial charge in [-0.25, -0.2) is 4.68 Å². The second-order valence-electron chi connectivity index (χ2n) is 7.39. The summed E-state index contributed by atoms with van der Waals surface area (Å²) >= 11 is 5.25. The van der Waals surface area contributed by atoms with E-state index < -0.39 is 0 Å². The molecule has 0 saturated heterocycles. The van der Waals surface area contributed by atoms with E-state index >= 15 is 0 Å². The summed E-state index contributed by atoms with van der Waals surface area (Å²) in [7, 11) is 0. The van der Waals surface area contributed by atoms with Gasteiger partial charge in [-0.2, -0.15) is 10.2 Å². The van der Waals surface area contributed by atoms with E-state index in [4.69, 9.17) is 5.10 Å². The van der Waals surface area contributed by atoms with Crippen LogP contribution in [0, 0.1) is 0 Å². The molecule has 1 atom stereocenters. The third kappa shape index (κ3) is 4.18. The molecule has 0 aliphatic carbocycles. The van der Waals surface area contributed by atoms with Crippen LogP contribution in [0.4, 0.5) is 0 Å². The molecule has 0 amide bonds. The molecule has 4 aromatic rings. The molecule has 0 radical (unpaired) electrons. The van der Waals surface area contributed by atoms with Gasteiger partial charge in [-0.3, -0.25) is 0 Å². The molecule has 3 aromatic carbocycles. The smallest absolute Gasteiger partial charge is 0.0981 e. The number of aromatic nitrogens is 2. The molecule has 4 nitrogen and oxygen atoms in total. The molecule has 0 bridgehead atoms. The quantitative estimate of drug-likeness (QED) is 0.327. The predicted octanol–water partition coefficient (Wildman–Crippen LogP) is 6.46. The van der Waals surface area contributed by atoms with Crippen molar-refractivity contribution in [2.75, 3.05) is 6.26 Å². The second kappa shape index (κ2) is 8.73. The lowest BCUT2D eigenvalue weighted by atomic mass is 9.97. The van der Waals surface area contributed by atoms with Gasteiger partial charge in [0.15, 0.2) is 0 Å². The lowest BCUT2D eigenvalue weighted by Crippen LogP contribution is -2.10. The van der Waals surface area contributed by atoms with E-state index in [0.29, 0.717) is 0 Å². The first-order valence-electron chi connectivity index (χ1n) is 10.1. The van der Waals surface area contributed by atoms with Crippen molar-refractivity contribution in [3.05, 3.63) is 101 Å². The number of nitrogens with one attached hydrogen (secondary N) is 1. The maximum atomic E-state index is 4.97. The van der Waals surface area contributed by atoms with E-state index in [1.54, 1.807) is 11.8 Å². The Labute approximate surface area is 194 Å². The number of para-hydroxylation sites is 1. The van der Waals surface area contributed by atoms with Gasteiger partial charge in [0.2, 0.25) is 0 Å². The van der Waals surface area contributed by atoms with Gasteiger partial charge in [0.1, 0.15) is 0 Å². The van der Waals surface area contributed by atoms with Gasteiger partial charge in [0.25, 0.3) is 0 Å². The highest BCUT2D eigenvalue weighted by Crippen LogP contribution is 2.34. The monoisotopic (exact) mass is 488 g/mol. The predicted molar refractivity (Wildman–Crippen MR) is 132 cm³/mol. The molecule has 0 fully saturated rings. The lowest BCUT2D eigenvalue weighted by Gasteiger charge is -2.10. The van der Waals surface area contributed by atoms with Gasteiger partial charge < -0.3 is 5.43 Å². The first-order valence-corrected chi connectivity index (χ1v) is 12.1. The summed E-state index contributed by atoms with van der Waals surface area (Å²) in [5.41, 5.74) is 9.85. The van der Waals surface area contributed by atoms with Crippen LogP contribution in [0.25, 0.3) is 16.9 Å². The van der Waals surface area contributed by atoms with Crippen molar-refractivity contribution in [2.45, 2.75) is 17.4 Å². The highest BCUT2D eigenvalue weighted by molar-refractivity contribution is 9.10. The van der Waals surface area contributed by atoms with Crippen LogP contribution >= 0.6 is 27.7 Å². The van der Waals surface area contributed by atoms with E-state index in [1.807, 2.05) is 22.9 Å².